The van der Waals surface area contributed by atoms with E-state index in [0.29, 0.717) is 32.5 Å². The number of rotatable bonds is 6. The maximum Gasteiger partial charge on any atom is 0.363 e. The van der Waals surface area contributed by atoms with Crippen molar-refractivity contribution in [3.63, 3.8) is 0 Å². The number of hydrogen-bond acceptors (Lipinski definition) is 5. The minimum absolute atomic E-state index is 0.0367. The summed E-state index contributed by atoms with van der Waals surface area (Å²) in [5, 5.41) is 0.966. The molecule has 0 saturated heterocycles. The third kappa shape index (κ3) is 5.14. The maximum absolute atomic E-state index is 13.9. The molecule has 0 spiro atoms. The van der Waals surface area contributed by atoms with Gasteiger partial charge in [-0.2, -0.15) is 0 Å². The highest BCUT2D eigenvalue weighted by Crippen LogP contribution is 2.38. The van der Waals surface area contributed by atoms with Crippen molar-refractivity contribution in [2.75, 3.05) is 7.11 Å². The number of carbonyl (C=O) groups excluding carboxylic acids is 1. The molecule has 5 nitrogen and oxygen atoms in total. The number of aliphatic imine (C=N–C) groups is 1. The molecule has 1 aliphatic heterocycles. The highest BCUT2D eigenvalue weighted by atomic mass is 35.5. The van der Waals surface area contributed by atoms with E-state index in [1.807, 2.05) is 0 Å². The molecule has 0 radical (unpaired) electrons. The highest BCUT2D eigenvalue weighted by molar-refractivity contribution is 6.37. The maximum atomic E-state index is 13.9. The molecule has 3 aromatic rings. The van der Waals surface area contributed by atoms with Gasteiger partial charge in [-0.1, -0.05) is 53.0 Å². The van der Waals surface area contributed by atoms with Crippen LogP contribution in [0.3, 0.4) is 0 Å². The van der Waals surface area contributed by atoms with Gasteiger partial charge >= 0.3 is 5.97 Å². The van der Waals surface area contributed by atoms with Gasteiger partial charge in [0, 0.05) is 10.6 Å². The number of hydrogen-bond donors (Lipinski definition) is 0. The van der Waals surface area contributed by atoms with Gasteiger partial charge in [-0.25, -0.2) is 14.2 Å². The first-order valence-corrected chi connectivity index (χ1v) is 10.7. The summed E-state index contributed by atoms with van der Waals surface area (Å²) in [6.45, 7) is -0.0367. The van der Waals surface area contributed by atoms with E-state index in [-0.39, 0.29) is 34.8 Å². The van der Waals surface area contributed by atoms with Gasteiger partial charge < -0.3 is 14.2 Å². The van der Waals surface area contributed by atoms with Crippen molar-refractivity contribution < 1.29 is 23.4 Å². The van der Waals surface area contributed by atoms with Crippen LogP contribution in [0.25, 0.3) is 6.08 Å². The third-order valence-electron chi connectivity index (χ3n) is 4.67. The second kappa shape index (κ2) is 9.83. The summed E-state index contributed by atoms with van der Waals surface area (Å²) in [7, 11) is 1.45. The van der Waals surface area contributed by atoms with Crippen LogP contribution in [0.15, 0.2) is 65.3 Å². The van der Waals surface area contributed by atoms with E-state index in [1.54, 1.807) is 42.5 Å². The van der Waals surface area contributed by atoms with E-state index in [9.17, 15) is 9.18 Å². The molecule has 9 heteroatoms. The van der Waals surface area contributed by atoms with Gasteiger partial charge in [0.1, 0.15) is 12.4 Å². The number of benzene rings is 3. The predicted octanol–water partition coefficient (Wildman–Crippen LogP) is 6.72. The Morgan fingerprint density at radius 1 is 1.06 bits per heavy atom. The highest BCUT2D eigenvalue weighted by Gasteiger charge is 2.26. The Labute approximate surface area is 204 Å². The van der Waals surface area contributed by atoms with E-state index >= 15 is 0 Å². The number of ether oxygens (including phenoxy) is 3. The van der Waals surface area contributed by atoms with E-state index in [2.05, 4.69) is 4.99 Å². The van der Waals surface area contributed by atoms with Crippen LogP contribution in [0.1, 0.15) is 16.7 Å². The summed E-state index contributed by atoms with van der Waals surface area (Å²) in [6, 6.07) is 14.2. The number of nitrogens with zero attached hydrogens (tertiary/aromatic N) is 1. The molecule has 1 heterocycles. The molecule has 0 aliphatic carbocycles. The van der Waals surface area contributed by atoms with E-state index in [1.165, 1.54) is 25.3 Å². The number of halogens is 4. The van der Waals surface area contributed by atoms with Crippen LogP contribution in [0, 0.1) is 5.82 Å². The Hall–Kier alpha value is -3.06. The minimum Gasteiger partial charge on any atom is -0.493 e. The normalized spacial score (nSPS) is 14.3. The lowest BCUT2D eigenvalue weighted by atomic mass is 10.1. The quantitative estimate of drug-likeness (QED) is 0.275. The summed E-state index contributed by atoms with van der Waals surface area (Å²) in [5.41, 5.74) is 1.38. The van der Waals surface area contributed by atoms with Crippen molar-refractivity contribution in [1.29, 1.82) is 0 Å². The van der Waals surface area contributed by atoms with Crippen molar-refractivity contribution in [3.8, 4) is 11.5 Å². The first kappa shape index (κ1) is 23.1. The summed E-state index contributed by atoms with van der Waals surface area (Å²) in [5.74, 6) is -0.414. The fraction of sp³-hybridized carbons (Fsp3) is 0.0833. The lowest BCUT2D eigenvalue weighted by molar-refractivity contribution is -0.129. The Kier molecular flexibility index (Phi) is 6.88. The van der Waals surface area contributed by atoms with Crippen molar-refractivity contribution in [3.05, 3.63) is 97.9 Å². The van der Waals surface area contributed by atoms with Gasteiger partial charge in [-0.3, -0.25) is 0 Å². The molecule has 0 N–H and O–H groups in total. The average Bonchev–Trinajstić information content (AvgIpc) is 3.13. The van der Waals surface area contributed by atoms with Crippen LogP contribution >= 0.6 is 34.8 Å². The molecule has 0 aromatic heterocycles. The Balaban J connectivity index is 1.61. The lowest BCUT2D eigenvalue weighted by Gasteiger charge is -2.13. The molecule has 33 heavy (non-hydrogen) atoms. The Morgan fingerprint density at radius 2 is 1.85 bits per heavy atom. The summed E-state index contributed by atoms with van der Waals surface area (Å²) in [6.07, 6.45) is 1.49. The average molecular weight is 507 g/mol. The fourth-order valence-corrected chi connectivity index (χ4v) is 3.84. The zero-order valence-corrected chi connectivity index (χ0v) is 19.3. The second-order valence-electron chi connectivity index (χ2n) is 6.87. The van der Waals surface area contributed by atoms with Gasteiger partial charge in [0.05, 0.1) is 22.7 Å². The molecular weight excluding hydrogens is 492 g/mol. The predicted molar refractivity (Wildman–Crippen MR) is 126 cm³/mol. The Morgan fingerprint density at radius 3 is 2.58 bits per heavy atom. The van der Waals surface area contributed by atoms with Crippen LogP contribution in [0.4, 0.5) is 4.39 Å². The Bertz CT molecular complexity index is 1310. The SMILES string of the molecule is COc1cc(/C=C2\N=C(c3ccc(Cl)cc3Cl)OC2=O)cc(Cl)c1OCc1ccccc1F. The van der Waals surface area contributed by atoms with E-state index < -0.39 is 5.97 Å². The molecule has 0 unspecified atom stereocenters. The van der Waals surface area contributed by atoms with Crippen LogP contribution < -0.4 is 9.47 Å². The molecule has 3 aromatic carbocycles. The van der Waals surface area contributed by atoms with E-state index in [0.717, 1.165) is 0 Å². The number of methoxy groups -OCH3 is 1. The molecule has 0 bridgehead atoms. The van der Waals surface area contributed by atoms with Crippen molar-refractivity contribution >= 4 is 52.7 Å². The number of cyclic esters (lactones) is 1. The van der Waals surface area contributed by atoms with Gasteiger partial charge in [-0.05, 0) is 48.0 Å². The molecule has 168 valence electrons. The monoisotopic (exact) mass is 505 g/mol. The van der Waals surface area contributed by atoms with Gasteiger partial charge in [0.15, 0.2) is 17.2 Å². The van der Waals surface area contributed by atoms with Gasteiger partial charge in [0.2, 0.25) is 5.90 Å². The topological polar surface area (TPSA) is 57.1 Å². The smallest absolute Gasteiger partial charge is 0.363 e. The van der Waals surface area contributed by atoms with Crippen molar-refractivity contribution in [2.24, 2.45) is 4.99 Å². The first-order valence-electron chi connectivity index (χ1n) is 9.57. The molecule has 0 saturated carbocycles. The minimum atomic E-state index is -0.647. The van der Waals surface area contributed by atoms with E-state index in [4.69, 9.17) is 49.0 Å². The first-order chi connectivity index (χ1) is 15.9. The van der Waals surface area contributed by atoms with Crippen LogP contribution in [0.2, 0.25) is 15.1 Å². The van der Waals surface area contributed by atoms with Gasteiger partial charge in [0.25, 0.3) is 0 Å². The number of esters is 1. The van der Waals surface area contributed by atoms with Crippen LogP contribution in [-0.2, 0) is 16.1 Å². The zero-order chi connectivity index (χ0) is 23.5. The summed E-state index contributed by atoms with van der Waals surface area (Å²) >= 11 is 18.5. The van der Waals surface area contributed by atoms with Crippen LogP contribution in [-0.4, -0.2) is 19.0 Å². The molecule has 1 aliphatic rings. The fourth-order valence-electron chi connectivity index (χ4n) is 3.07. The second-order valence-corrected chi connectivity index (χ2v) is 8.13. The summed E-state index contributed by atoms with van der Waals surface area (Å²) < 4.78 is 30.2. The van der Waals surface area contributed by atoms with Crippen LogP contribution in [0.5, 0.6) is 11.5 Å². The molecule has 0 fully saturated rings. The molecule has 0 amide bonds. The molecule has 4 rings (SSSR count). The van der Waals surface area contributed by atoms with Gasteiger partial charge in [-0.15, -0.1) is 0 Å². The van der Waals surface area contributed by atoms with Crippen molar-refractivity contribution in [1.82, 2.24) is 0 Å². The van der Waals surface area contributed by atoms with Crippen molar-refractivity contribution in [2.45, 2.75) is 6.61 Å². The number of carbonyl (C=O) groups is 1. The summed E-state index contributed by atoms with van der Waals surface area (Å²) in [4.78, 5) is 16.6. The lowest BCUT2D eigenvalue weighted by Crippen LogP contribution is -2.06. The zero-order valence-electron chi connectivity index (χ0n) is 17.1. The molecular formula is C24H15Cl3FNO4. The third-order valence-corrected chi connectivity index (χ3v) is 5.50. The largest absolute Gasteiger partial charge is 0.493 e. The standard InChI is InChI=1S/C24H15Cl3FNO4/c1-31-21-10-13(8-18(27)22(21)32-12-14-4-2-3-5-19(14)28)9-20-24(30)33-23(29-20)16-7-6-15(25)11-17(16)26/h2-11H,12H2,1H3/b20-9-. The molecule has 0 atom stereocenters.